The number of halogens is 1. The van der Waals surface area contributed by atoms with Gasteiger partial charge in [-0.15, -0.1) is 34.4 Å². The van der Waals surface area contributed by atoms with Crippen molar-refractivity contribution in [2.75, 3.05) is 11.9 Å². The molecule has 0 aliphatic carbocycles. The summed E-state index contributed by atoms with van der Waals surface area (Å²) in [6.45, 7) is 0.314. The second kappa shape index (κ2) is 7.92. The van der Waals surface area contributed by atoms with E-state index in [4.69, 9.17) is 11.6 Å². The van der Waals surface area contributed by atoms with Crippen molar-refractivity contribution < 1.29 is 13.2 Å². The number of fused-ring (bicyclic) bond motifs is 3. The number of hydrogen-bond donors (Lipinski definition) is 1. The number of anilines is 1. The van der Waals surface area contributed by atoms with Gasteiger partial charge in [0.05, 0.1) is 10.0 Å². The Morgan fingerprint density at radius 2 is 2.03 bits per heavy atom. The van der Waals surface area contributed by atoms with Crippen molar-refractivity contribution in [1.29, 1.82) is 0 Å². The third-order valence-electron chi connectivity index (χ3n) is 5.05. The topological polar surface area (TPSA) is 79.4 Å². The van der Waals surface area contributed by atoms with Crippen LogP contribution >= 0.6 is 46.0 Å². The van der Waals surface area contributed by atoms with E-state index in [0.29, 0.717) is 28.9 Å². The molecule has 156 valence electrons. The number of rotatable bonds is 4. The molecule has 2 aliphatic rings. The molecule has 1 N–H and O–H groups in total. The lowest BCUT2D eigenvalue weighted by Crippen LogP contribution is -2.42. The summed E-state index contributed by atoms with van der Waals surface area (Å²) in [6, 6.07) is 10.4. The number of carbonyl (C=O) groups is 1. The second-order valence-corrected chi connectivity index (χ2v) is 12.8. The maximum atomic E-state index is 13.0. The highest BCUT2D eigenvalue weighted by molar-refractivity contribution is 7.98. The van der Waals surface area contributed by atoms with Gasteiger partial charge in [-0.2, -0.15) is 4.31 Å². The maximum absolute atomic E-state index is 13.0. The number of sulfonamides is 1. The van der Waals surface area contributed by atoms with Crippen molar-refractivity contribution in [3.05, 3.63) is 45.6 Å². The average molecular weight is 498 g/mol. The normalized spacial score (nSPS) is 18.8. The van der Waals surface area contributed by atoms with Crippen LogP contribution in [-0.2, 0) is 20.6 Å². The summed E-state index contributed by atoms with van der Waals surface area (Å²) < 4.78 is 27.8. The number of thiophene rings is 1. The van der Waals surface area contributed by atoms with Crippen molar-refractivity contribution in [3.63, 3.8) is 0 Å². The number of nitrogens with one attached hydrogen (secondary N) is 1. The zero-order valence-corrected chi connectivity index (χ0v) is 19.5. The summed E-state index contributed by atoms with van der Waals surface area (Å²) in [4.78, 5) is 19.9. The Morgan fingerprint density at radius 1 is 1.20 bits per heavy atom. The minimum Gasteiger partial charge on any atom is -0.301 e. The smallest absolute Gasteiger partial charge is 0.253 e. The first-order valence-electron chi connectivity index (χ1n) is 9.23. The quantitative estimate of drug-likeness (QED) is 0.553. The molecule has 0 saturated carbocycles. The monoisotopic (exact) mass is 497 g/mol. The molecule has 5 rings (SSSR count). The molecular formula is C19H16ClN3O3S4. The third-order valence-corrected chi connectivity index (χ3v) is 10.9. The van der Waals surface area contributed by atoms with E-state index in [1.54, 1.807) is 17.8 Å². The van der Waals surface area contributed by atoms with Crippen molar-refractivity contribution in [2.45, 2.75) is 33.7 Å². The van der Waals surface area contributed by atoms with Gasteiger partial charge in [-0.05, 0) is 31.0 Å². The Balaban J connectivity index is 1.38. The van der Waals surface area contributed by atoms with E-state index < -0.39 is 16.1 Å². The first-order chi connectivity index (χ1) is 14.4. The van der Waals surface area contributed by atoms with Gasteiger partial charge in [-0.1, -0.05) is 29.8 Å². The molecule has 1 fully saturated rings. The molecule has 2 aromatic heterocycles. The summed E-state index contributed by atoms with van der Waals surface area (Å²) in [6.07, 6.45) is 1.11. The maximum Gasteiger partial charge on any atom is 0.253 e. The molecule has 4 heterocycles. The largest absolute Gasteiger partial charge is 0.301 e. The highest BCUT2D eigenvalue weighted by Crippen LogP contribution is 2.44. The molecule has 11 heteroatoms. The fourth-order valence-electron chi connectivity index (χ4n) is 3.68. The van der Waals surface area contributed by atoms with Crippen LogP contribution in [0.2, 0.25) is 4.34 Å². The number of aromatic nitrogens is 1. The van der Waals surface area contributed by atoms with Gasteiger partial charge in [0, 0.05) is 27.6 Å². The predicted octanol–water partition coefficient (Wildman–Crippen LogP) is 4.92. The van der Waals surface area contributed by atoms with Crippen LogP contribution in [0.4, 0.5) is 5.13 Å². The number of carbonyl (C=O) groups excluding carboxylic acids is 1. The molecule has 2 aliphatic heterocycles. The van der Waals surface area contributed by atoms with Crippen molar-refractivity contribution in [1.82, 2.24) is 9.29 Å². The first-order valence-corrected chi connectivity index (χ1v) is 13.7. The summed E-state index contributed by atoms with van der Waals surface area (Å²) in [5.74, 6) is 0.467. The van der Waals surface area contributed by atoms with Crippen LogP contribution in [0.5, 0.6) is 0 Å². The Kier molecular flexibility index (Phi) is 5.41. The minimum absolute atomic E-state index is 0.158. The molecule has 1 amide bonds. The van der Waals surface area contributed by atoms with E-state index in [0.717, 1.165) is 33.2 Å². The number of amides is 1. The van der Waals surface area contributed by atoms with Crippen LogP contribution in [0.15, 0.2) is 45.5 Å². The lowest BCUT2D eigenvalue weighted by Gasteiger charge is -2.22. The van der Waals surface area contributed by atoms with E-state index in [-0.39, 0.29) is 10.1 Å². The summed E-state index contributed by atoms with van der Waals surface area (Å²) >= 11 is 10.1. The van der Waals surface area contributed by atoms with Crippen LogP contribution in [0, 0.1) is 0 Å². The molecule has 0 spiro atoms. The van der Waals surface area contributed by atoms with Gasteiger partial charge >= 0.3 is 0 Å². The van der Waals surface area contributed by atoms with Gasteiger partial charge in [0.25, 0.3) is 10.0 Å². The highest BCUT2D eigenvalue weighted by atomic mass is 35.5. The molecule has 1 saturated heterocycles. The number of nitrogens with zero attached hydrogens (tertiary/aromatic N) is 2. The van der Waals surface area contributed by atoms with E-state index in [9.17, 15) is 13.2 Å². The number of thiazole rings is 1. The molecular weight excluding hydrogens is 482 g/mol. The average Bonchev–Trinajstić information content (AvgIpc) is 3.47. The molecule has 1 aromatic carbocycles. The summed E-state index contributed by atoms with van der Waals surface area (Å²) in [5, 5.41) is 3.37. The SMILES string of the molecule is O=C(Nc1nc2c(s1)CSc1ccccc1-2)C1CCCN1S(=O)(=O)c1ccc(Cl)s1. The highest BCUT2D eigenvalue weighted by Gasteiger charge is 2.40. The predicted molar refractivity (Wildman–Crippen MR) is 122 cm³/mol. The fraction of sp³-hybridized carbons (Fsp3) is 0.263. The molecule has 0 bridgehead atoms. The Hall–Kier alpha value is -1.43. The fourth-order valence-corrected chi connectivity index (χ4v) is 9.05. The lowest BCUT2D eigenvalue weighted by atomic mass is 10.1. The number of hydrogen-bond acceptors (Lipinski definition) is 7. The molecule has 0 radical (unpaired) electrons. The number of thioether (sulfide) groups is 1. The van der Waals surface area contributed by atoms with Crippen LogP contribution in [0.25, 0.3) is 11.3 Å². The molecule has 1 unspecified atom stereocenters. The van der Waals surface area contributed by atoms with Gasteiger partial charge in [0.2, 0.25) is 5.91 Å². The third kappa shape index (κ3) is 3.59. The zero-order valence-electron chi connectivity index (χ0n) is 15.5. The van der Waals surface area contributed by atoms with Crippen LogP contribution < -0.4 is 5.32 Å². The standard InChI is InChI=1S/C19H16ClN3O3S4/c20-15-7-8-16(29-15)30(25,26)23-9-3-5-12(23)18(24)22-19-21-17-11-4-1-2-6-13(11)27-10-14(17)28-19/h1-2,4,6-8,12H,3,5,9-10H2,(H,21,22,24). The van der Waals surface area contributed by atoms with Gasteiger partial charge in [0.1, 0.15) is 10.3 Å². The lowest BCUT2D eigenvalue weighted by molar-refractivity contribution is -0.119. The summed E-state index contributed by atoms with van der Waals surface area (Å²) in [5.41, 5.74) is 1.97. The van der Waals surface area contributed by atoms with Crippen molar-refractivity contribution in [3.8, 4) is 11.3 Å². The molecule has 3 aromatic rings. The van der Waals surface area contributed by atoms with Gasteiger partial charge in [-0.25, -0.2) is 13.4 Å². The van der Waals surface area contributed by atoms with Crippen LogP contribution in [0.3, 0.4) is 0 Å². The van der Waals surface area contributed by atoms with Crippen molar-refractivity contribution in [2.24, 2.45) is 0 Å². The van der Waals surface area contributed by atoms with E-state index in [1.807, 2.05) is 18.2 Å². The molecule has 6 nitrogen and oxygen atoms in total. The minimum atomic E-state index is -3.76. The van der Waals surface area contributed by atoms with E-state index >= 15 is 0 Å². The Bertz CT molecular complexity index is 1240. The van der Waals surface area contributed by atoms with Gasteiger partial charge in [-0.3, -0.25) is 4.79 Å². The zero-order chi connectivity index (χ0) is 20.9. The van der Waals surface area contributed by atoms with Crippen LogP contribution in [0.1, 0.15) is 17.7 Å². The Labute approximate surface area is 191 Å². The van der Waals surface area contributed by atoms with Gasteiger partial charge in [0.15, 0.2) is 5.13 Å². The molecule has 30 heavy (non-hydrogen) atoms. The number of benzene rings is 1. The van der Waals surface area contributed by atoms with Crippen LogP contribution in [-0.4, -0.2) is 36.2 Å². The van der Waals surface area contributed by atoms with E-state index in [1.165, 1.54) is 26.6 Å². The van der Waals surface area contributed by atoms with Gasteiger partial charge < -0.3 is 5.32 Å². The molecule has 1 atom stereocenters. The Morgan fingerprint density at radius 3 is 2.83 bits per heavy atom. The second-order valence-electron chi connectivity index (χ2n) is 6.90. The summed E-state index contributed by atoms with van der Waals surface area (Å²) in [7, 11) is -3.76. The first kappa shape index (κ1) is 20.5. The van der Waals surface area contributed by atoms with E-state index in [2.05, 4.69) is 16.4 Å². The van der Waals surface area contributed by atoms with Crippen molar-refractivity contribution >= 4 is 67.1 Å².